The van der Waals surface area contributed by atoms with Gasteiger partial charge in [-0.3, -0.25) is 4.79 Å². The smallest absolute Gasteiger partial charge is 0.242 e. The number of amides is 1. The second kappa shape index (κ2) is 10.1. The van der Waals surface area contributed by atoms with Crippen LogP contribution in [-0.2, 0) is 14.8 Å². The Labute approximate surface area is 150 Å². The molecule has 0 spiro atoms. The van der Waals surface area contributed by atoms with Crippen LogP contribution in [0.5, 0.6) is 0 Å². The maximum atomic E-state index is 12.4. The number of sulfonamides is 1. The molecule has 0 aliphatic carbocycles. The number of carbonyl (C=O) groups excluding carboxylic acids is 1. The third-order valence-corrected chi connectivity index (χ3v) is 6.04. The van der Waals surface area contributed by atoms with Crippen LogP contribution in [0.3, 0.4) is 0 Å². The molecule has 24 heavy (non-hydrogen) atoms. The summed E-state index contributed by atoms with van der Waals surface area (Å²) in [7, 11) is -3.43. The quantitative estimate of drug-likeness (QED) is 0.661. The third kappa shape index (κ3) is 6.83. The Balaban J connectivity index is 2.79. The predicted octanol–water partition coefficient (Wildman–Crippen LogP) is 3.20. The molecule has 1 aromatic rings. The van der Waals surface area contributed by atoms with E-state index in [1.54, 1.807) is 18.7 Å². The van der Waals surface area contributed by atoms with Gasteiger partial charge in [-0.05, 0) is 55.4 Å². The van der Waals surface area contributed by atoms with Crippen LogP contribution in [-0.4, -0.2) is 38.1 Å². The normalized spacial score (nSPS) is 14.2. The van der Waals surface area contributed by atoms with E-state index < -0.39 is 16.1 Å². The molecule has 0 fully saturated rings. The summed E-state index contributed by atoms with van der Waals surface area (Å²) in [5.74, 6) is 0.814. The number of thioether (sulfide) groups is 1. The van der Waals surface area contributed by atoms with Gasteiger partial charge in [-0.1, -0.05) is 26.0 Å². The molecule has 0 aliphatic rings. The Hall–Kier alpha value is -1.05. The van der Waals surface area contributed by atoms with Crippen LogP contribution in [0, 0.1) is 0 Å². The lowest BCUT2D eigenvalue weighted by Gasteiger charge is -2.18. The molecule has 136 valence electrons. The zero-order valence-corrected chi connectivity index (χ0v) is 16.5. The molecule has 2 atom stereocenters. The first-order valence-electron chi connectivity index (χ1n) is 8.22. The first kappa shape index (κ1) is 21.0. The van der Waals surface area contributed by atoms with Crippen molar-refractivity contribution in [3.63, 3.8) is 0 Å². The van der Waals surface area contributed by atoms with Crippen LogP contribution in [0.4, 0.5) is 5.69 Å². The SMILES string of the molecule is CC[C@@H](C)c1ccc(NC(=O)[C@H](CCSC)NS(=O)(=O)CC)cc1. The van der Waals surface area contributed by atoms with Crippen molar-refractivity contribution >= 4 is 33.4 Å². The number of nitrogens with one attached hydrogen (secondary N) is 2. The first-order chi connectivity index (χ1) is 11.3. The minimum atomic E-state index is -3.43. The predicted molar refractivity (Wildman–Crippen MR) is 103 cm³/mol. The molecule has 0 aliphatic heterocycles. The molecule has 7 heteroatoms. The minimum absolute atomic E-state index is 0.0420. The Morgan fingerprint density at radius 2 is 1.83 bits per heavy atom. The van der Waals surface area contributed by atoms with Gasteiger partial charge >= 0.3 is 0 Å². The number of anilines is 1. The van der Waals surface area contributed by atoms with E-state index in [0.29, 0.717) is 23.8 Å². The Morgan fingerprint density at radius 1 is 1.21 bits per heavy atom. The lowest BCUT2D eigenvalue weighted by molar-refractivity contribution is -0.117. The number of carbonyl (C=O) groups is 1. The molecule has 1 amide bonds. The molecular formula is C17H28N2O3S2. The largest absolute Gasteiger partial charge is 0.325 e. The zero-order chi connectivity index (χ0) is 18.2. The summed E-state index contributed by atoms with van der Waals surface area (Å²) in [6, 6.07) is 6.96. The van der Waals surface area contributed by atoms with Crippen molar-refractivity contribution in [2.24, 2.45) is 0 Å². The van der Waals surface area contributed by atoms with Crippen LogP contribution in [0.15, 0.2) is 24.3 Å². The second-order valence-electron chi connectivity index (χ2n) is 5.78. The molecule has 5 nitrogen and oxygen atoms in total. The fourth-order valence-electron chi connectivity index (χ4n) is 2.14. The average Bonchev–Trinajstić information content (AvgIpc) is 2.58. The summed E-state index contributed by atoms with van der Waals surface area (Å²) in [5, 5.41) is 2.81. The Kier molecular flexibility index (Phi) is 8.80. The summed E-state index contributed by atoms with van der Waals surface area (Å²) in [4.78, 5) is 12.4. The van der Waals surface area contributed by atoms with Gasteiger partial charge in [0.15, 0.2) is 0 Å². The highest BCUT2D eigenvalue weighted by Gasteiger charge is 2.23. The standard InChI is InChI=1S/C17H28N2O3S2/c1-5-13(3)14-7-9-15(10-8-14)18-17(20)16(11-12-23-4)19-24(21,22)6-2/h7-10,13,16,19H,5-6,11-12H2,1-4H3,(H,18,20)/t13-,16+/m1/s1. The molecule has 0 bridgehead atoms. The Bertz CT molecular complexity index is 615. The van der Waals surface area contributed by atoms with Crippen LogP contribution in [0.25, 0.3) is 0 Å². The van der Waals surface area contributed by atoms with E-state index in [1.807, 2.05) is 30.5 Å². The van der Waals surface area contributed by atoms with Crippen LogP contribution in [0.2, 0.25) is 0 Å². The van der Waals surface area contributed by atoms with E-state index in [1.165, 1.54) is 5.56 Å². The van der Waals surface area contributed by atoms with Gasteiger partial charge in [0.05, 0.1) is 5.75 Å². The lowest BCUT2D eigenvalue weighted by Crippen LogP contribution is -2.44. The van der Waals surface area contributed by atoms with Crippen molar-refractivity contribution in [1.29, 1.82) is 0 Å². The Morgan fingerprint density at radius 3 is 2.33 bits per heavy atom. The lowest BCUT2D eigenvalue weighted by atomic mass is 9.98. The molecular weight excluding hydrogens is 344 g/mol. The van der Waals surface area contributed by atoms with Crippen molar-refractivity contribution in [3.05, 3.63) is 29.8 Å². The molecule has 0 radical (unpaired) electrons. The molecule has 1 rings (SSSR count). The van der Waals surface area contributed by atoms with Crippen LogP contribution < -0.4 is 10.0 Å². The second-order valence-corrected chi connectivity index (χ2v) is 8.80. The molecule has 0 aromatic heterocycles. The van der Waals surface area contributed by atoms with Crippen molar-refractivity contribution in [3.8, 4) is 0 Å². The molecule has 1 aromatic carbocycles. The number of benzene rings is 1. The van der Waals surface area contributed by atoms with Gasteiger partial charge in [-0.2, -0.15) is 11.8 Å². The van der Waals surface area contributed by atoms with Gasteiger partial charge in [0, 0.05) is 5.69 Å². The first-order valence-corrected chi connectivity index (χ1v) is 11.3. The zero-order valence-electron chi connectivity index (χ0n) is 14.8. The van der Waals surface area contributed by atoms with Gasteiger partial charge in [-0.15, -0.1) is 0 Å². The summed E-state index contributed by atoms with van der Waals surface area (Å²) < 4.78 is 26.1. The maximum Gasteiger partial charge on any atom is 0.242 e. The molecule has 0 heterocycles. The molecule has 0 saturated carbocycles. The van der Waals surface area contributed by atoms with Gasteiger partial charge in [0.2, 0.25) is 15.9 Å². The van der Waals surface area contributed by atoms with Gasteiger partial charge < -0.3 is 5.32 Å². The van der Waals surface area contributed by atoms with E-state index in [0.717, 1.165) is 6.42 Å². The van der Waals surface area contributed by atoms with Crippen LogP contribution >= 0.6 is 11.8 Å². The van der Waals surface area contributed by atoms with Gasteiger partial charge in [0.1, 0.15) is 6.04 Å². The average molecular weight is 373 g/mol. The summed E-state index contributed by atoms with van der Waals surface area (Å²) in [5.41, 5.74) is 1.90. The van der Waals surface area contributed by atoms with E-state index in [-0.39, 0.29) is 11.7 Å². The van der Waals surface area contributed by atoms with Crippen molar-refractivity contribution in [2.45, 2.75) is 45.6 Å². The van der Waals surface area contributed by atoms with E-state index in [2.05, 4.69) is 23.9 Å². The van der Waals surface area contributed by atoms with Crippen molar-refractivity contribution in [2.75, 3.05) is 23.1 Å². The minimum Gasteiger partial charge on any atom is -0.325 e. The molecule has 0 unspecified atom stereocenters. The van der Waals surface area contributed by atoms with E-state index in [9.17, 15) is 13.2 Å². The topological polar surface area (TPSA) is 75.3 Å². The van der Waals surface area contributed by atoms with Gasteiger partial charge in [-0.25, -0.2) is 13.1 Å². The third-order valence-electron chi connectivity index (χ3n) is 3.99. The number of hydrogen-bond donors (Lipinski definition) is 2. The molecule has 2 N–H and O–H groups in total. The molecule has 0 saturated heterocycles. The monoisotopic (exact) mass is 372 g/mol. The van der Waals surface area contributed by atoms with Crippen molar-refractivity contribution < 1.29 is 13.2 Å². The van der Waals surface area contributed by atoms with Crippen LogP contribution in [0.1, 0.15) is 45.1 Å². The number of rotatable bonds is 10. The van der Waals surface area contributed by atoms with E-state index >= 15 is 0 Å². The van der Waals surface area contributed by atoms with Crippen molar-refractivity contribution in [1.82, 2.24) is 4.72 Å². The van der Waals surface area contributed by atoms with Gasteiger partial charge in [0.25, 0.3) is 0 Å². The fourth-order valence-corrected chi connectivity index (χ4v) is 3.44. The summed E-state index contributed by atoms with van der Waals surface area (Å²) >= 11 is 1.58. The highest BCUT2D eigenvalue weighted by molar-refractivity contribution is 7.98. The highest BCUT2D eigenvalue weighted by atomic mass is 32.2. The summed E-state index contributed by atoms with van der Waals surface area (Å²) in [6.45, 7) is 5.85. The maximum absolute atomic E-state index is 12.4. The fraction of sp³-hybridized carbons (Fsp3) is 0.588. The van der Waals surface area contributed by atoms with E-state index in [4.69, 9.17) is 0 Å². The summed E-state index contributed by atoms with van der Waals surface area (Å²) in [6.07, 6.45) is 3.44. The highest BCUT2D eigenvalue weighted by Crippen LogP contribution is 2.20. The number of hydrogen-bond acceptors (Lipinski definition) is 4.